The Morgan fingerprint density at radius 2 is 1.70 bits per heavy atom. The summed E-state index contributed by atoms with van der Waals surface area (Å²) in [7, 11) is 0.666. The van der Waals surface area contributed by atoms with Gasteiger partial charge in [0.2, 0.25) is 0 Å². The van der Waals surface area contributed by atoms with Crippen molar-refractivity contribution in [3.63, 3.8) is 0 Å². The van der Waals surface area contributed by atoms with Gasteiger partial charge in [-0.3, -0.25) is 19.3 Å². The summed E-state index contributed by atoms with van der Waals surface area (Å²) in [6.07, 6.45) is 1.47. The molecular weight excluding hydrogens is 649 g/mol. The molecule has 3 aliphatic rings. The summed E-state index contributed by atoms with van der Waals surface area (Å²) in [6.45, 7) is 7.07. The van der Waals surface area contributed by atoms with Gasteiger partial charge in [-0.05, 0) is 72.7 Å². The number of carbonyl (C=O) groups excluding carboxylic acids is 3. The standard InChI is InChI=1S/C40H44N2O7Si/c1-25-37(50(4,5)29-18-16-28(47-2)17-19-29)34(21-23-43)49-40(25)31-24-27(15-20-32(31)41(39(40)46)22-7-6-14-35(44)48-3)42-33-13-9-11-26-10-8-12-30(36(26)33)38(42)45/h8-13,15-20,24-25,34,37,43H,6-7,14,21-23H2,1-5H3/t25-,34+,37-,40+/m0/s1. The fourth-order valence-corrected chi connectivity index (χ4v) is 12.9. The Bertz CT molecular complexity index is 1970. The van der Waals surface area contributed by atoms with Crippen LogP contribution in [-0.2, 0) is 24.7 Å². The molecule has 0 bridgehead atoms. The Labute approximate surface area is 293 Å². The lowest BCUT2D eigenvalue weighted by molar-refractivity contribution is -0.146. The first kappa shape index (κ1) is 34.0. The maximum Gasteiger partial charge on any atom is 0.305 e. The zero-order chi connectivity index (χ0) is 35.4. The summed E-state index contributed by atoms with van der Waals surface area (Å²) in [4.78, 5) is 44.4. The van der Waals surface area contributed by atoms with E-state index in [1.54, 1.807) is 16.9 Å². The van der Waals surface area contributed by atoms with E-state index in [4.69, 9.17) is 14.2 Å². The van der Waals surface area contributed by atoms with E-state index in [0.29, 0.717) is 37.1 Å². The van der Waals surface area contributed by atoms with Gasteiger partial charge in [-0.25, -0.2) is 0 Å². The summed E-state index contributed by atoms with van der Waals surface area (Å²) >= 11 is 0. The number of esters is 1. The topological polar surface area (TPSA) is 106 Å². The second-order valence-corrected chi connectivity index (χ2v) is 18.9. The fraction of sp³-hybridized carbons (Fsp3) is 0.375. The van der Waals surface area contributed by atoms with E-state index in [9.17, 15) is 14.7 Å². The largest absolute Gasteiger partial charge is 0.497 e. The summed E-state index contributed by atoms with van der Waals surface area (Å²) in [5, 5.41) is 13.4. The van der Waals surface area contributed by atoms with E-state index in [2.05, 4.69) is 32.2 Å². The molecule has 0 radical (unpaired) electrons. The minimum absolute atomic E-state index is 0.0193. The van der Waals surface area contributed by atoms with E-state index >= 15 is 4.79 Å². The molecule has 1 fully saturated rings. The molecule has 0 aromatic heterocycles. The van der Waals surface area contributed by atoms with Crippen LogP contribution in [0.15, 0.2) is 78.9 Å². The Morgan fingerprint density at radius 3 is 2.40 bits per heavy atom. The smallest absolute Gasteiger partial charge is 0.305 e. The van der Waals surface area contributed by atoms with Crippen LogP contribution < -0.4 is 19.7 Å². The molecule has 3 heterocycles. The van der Waals surface area contributed by atoms with Crippen LogP contribution in [0.25, 0.3) is 10.8 Å². The molecule has 260 valence electrons. The molecule has 1 saturated heterocycles. The minimum atomic E-state index is -2.36. The number of anilines is 3. The highest BCUT2D eigenvalue weighted by Crippen LogP contribution is 2.60. The number of nitrogens with zero attached hydrogens (tertiary/aromatic N) is 2. The van der Waals surface area contributed by atoms with Crippen LogP contribution in [0.3, 0.4) is 0 Å². The Hall–Kier alpha value is -4.51. The molecule has 1 N–H and O–H groups in total. The maximum atomic E-state index is 15.0. The van der Waals surface area contributed by atoms with Crippen LogP contribution in [0.1, 0.15) is 48.5 Å². The highest BCUT2D eigenvalue weighted by atomic mass is 28.3. The molecule has 4 aromatic rings. The number of unbranched alkanes of at least 4 members (excludes halogenated alkanes) is 1. The zero-order valence-electron chi connectivity index (χ0n) is 29.3. The first-order valence-corrected chi connectivity index (χ1v) is 20.5. The van der Waals surface area contributed by atoms with Gasteiger partial charge in [0.1, 0.15) is 5.75 Å². The SMILES string of the molecule is COC(=O)CCCCN1C(=O)[C@]2(O[C@H](CCO)[C@@H]([Si](C)(C)c3ccc(OC)cc3)[C@@H]2C)c2cc(N3C(=O)c4cccc5cccc3c45)ccc21. The molecule has 7 rings (SSSR count). The van der Waals surface area contributed by atoms with E-state index in [1.807, 2.05) is 66.7 Å². The number of aliphatic hydroxyl groups excluding tert-OH is 1. The van der Waals surface area contributed by atoms with E-state index in [0.717, 1.165) is 33.5 Å². The number of aliphatic hydroxyl groups is 1. The van der Waals surface area contributed by atoms with Gasteiger partial charge in [0, 0.05) is 42.1 Å². The molecule has 4 atom stereocenters. The molecule has 0 aliphatic carbocycles. The molecule has 3 aliphatic heterocycles. The highest BCUT2D eigenvalue weighted by Gasteiger charge is 2.66. The number of amides is 2. The van der Waals surface area contributed by atoms with Gasteiger partial charge in [0.25, 0.3) is 11.8 Å². The first-order chi connectivity index (χ1) is 24.1. The Kier molecular flexibility index (Phi) is 8.82. The van der Waals surface area contributed by atoms with Crippen molar-refractivity contribution in [2.24, 2.45) is 5.92 Å². The van der Waals surface area contributed by atoms with Crippen molar-refractivity contribution in [3.05, 3.63) is 90.0 Å². The normalized spacial score (nSPS) is 22.6. The predicted octanol–water partition coefficient (Wildman–Crippen LogP) is 6.43. The van der Waals surface area contributed by atoms with E-state index in [1.165, 1.54) is 12.3 Å². The summed E-state index contributed by atoms with van der Waals surface area (Å²) < 4.78 is 17.4. The van der Waals surface area contributed by atoms with Gasteiger partial charge in [0.05, 0.1) is 45.3 Å². The number of hydrogen-bond acceptors (Lipinski definition) is 7. The first-order valence-electron chi connectivity index (χ1n) is 17.4. The van der Waals surface area contributed by atoms with Crippen molar-refractivity contribution in [1.82, 2.24) is 0 Å². The van der Waals surface area contributed by atoms with Crippen molar-refractivity contribution in [1.29, 1.82) is 0 Å². The average Bonchev–Trinajstić information content (AvgIpc) is 3.68. The van der Waals surface area contributed by atoms with Crippen LogP contribution >= 0.6 is 0 Å². The van der Waals surface area contributed by atoms with Crippen molar-refractivity contribution in [2.75, 3.05) is 37.2 Å². The monoisotopic (exact) mass is 692 g/mol. The van der Waals surface area contributed by atoms with Crippen LogP contribution in [0.5, 0.6) is 5.75 Å². The van der Waals surface area contributed by atoms with E-state index < -0.39 is 13.7 Å². The third kappa shape index (κ3) is 5.15. The third-order valence-corrected chi connectivity index (χ3v) is 15.6. The van der Waals surface area contributed by atoms with Crippen molar-refractivity contribution >= 4 is 58.9 Å². The number of carbonyl (C=O) groups is 3. The molecule has 0 saturated carbocycles. The Morgan fingerprint density at radius 1 is 0.960 bits per heavy atom. The van der Waals surface area contributed by atoms with Crippen LogP contribution in [0.4, 0.5) is 17.1 Å². The number of ether oxygens (including phenoxy) is 3. The van der Waals surface area contributed by atoms with Gasteiger partial charge >= 0.3 is 5.97 Å². The van der Waals surface area contributed by atoms with Gasteiger partial charge in [-0.15, -0.1) is 0 Å². The van der Waals surface area contributed by atoms with Crippen molar-refractivity contribution < 1.29 is 33.7 Å². The van der Waals surface area contributed by atoms with Crippen LogP contribution in [0, 0.1) is 5.92 Å². The second-order valence-electron chi connectivity index (χ2n) is 14.2. The van der Waals surface area contributed by atoms with E-state index in [-0.39, 0.29) is 48.4 Å². The number of benzene rings is 4. The number of rotatable bonds is 11. The van der Waals surface area contributed by atoms with Crippen LogP contribution in [0.2, 0.25) is 18.6 Å². The maximum absolute atomic E-state index is 15.0. The molecule has 0 unspecified atom stereocenters. The summed E-state index contributed by atoms with van der Waals surface area (Å²) in [5.41, 5.74) is 2.27. The van der Waals surface area contributed by atoms with Crippen molar-refractivity contribution in [3.8, 4) is 5.75 Å². The van der Waals surface area contributed by atoms with Crippen molar-refractivity contribution in [2.45, 2.75) is 62.9 Å². The molecule has 4 aromatic carbocycles. The third-order valence-electron chi connectivity index (χ3n) is 11.3. The molecule has 50 heavy (non-hydrogen) atoms. The average molecular weight is 693 g/mol. The molecule has 1 spiro atoms. The highest BCUT2D eigenvalue weighted by molar-refractivity contribution is 6.91. The number of hydrogen-bond donors (Lipinski definition) is 1. The van der Waals surface area contributed by atoms with Gasteiger partial charge < -0.3 is 24.2 Å². The quantitative estimate of drug-likeness (QED) is 0.110. The Balaban J connectivity index is 1.34. The lowest BCUT2D eigenvalue weighted by Crippen LogP contribution is -2.52. The number of fused-ring (bicyclic) bond motifs is 2. The molecule has 9 nitrogen and oxygen atoms in total. The summed E-state index contributed by atoms with van der Waals surface area (Å²) in [5.74, 6) is -0.00202. The lowest BCUT2D eigenvalue weighted by Gasteiger charge is -2.37. The second kappa shape index (κ2) is 13.0. The summed E-state index contributed by atoms with van der Waals surface area (Å²) in [6, 6.07) is 25.7. The van der Waals surface area contributed by atoms with Gasteiger partial charge in [0.15, 0.2) is 5.60 Å². The predicted molar refractivity (Wildman–Crippen MR) is 196 cm³/mol. The van der Waals surface area contributed by atoms with Gasteiger partial charge in [-0.1, -0.05) is 61.6 Å². The van der Waals surface area contributed by atoms with Crippen LogP contribution in [-0.4, -0.2) is 64.4 Å². The fourth-order valence-electron chi connectivity index (χ4n) is 8.87. The minimum Gasteiger partial charge on any atom is -0.497 e. The lowest BCUT2D eigenvalue weighted by atomic mass is 9.82. The van der Waals surface area contributed by atoms with Gasteiger partial charge in [-0.2, -0.15) is 0 Å². The molecular formula is C40H44N2O7Si. The molecule has 10 heteroatoms. The number of methoxy groups -OCH3 is 2. The zero-order valence-corrected chi connectivity index (χ0v) is 30.3. The molecule has 2 amide bonds.